The zero-order chi connectivity index (χ0) is 4.71. The van der Waals surface area contributed by atoms with Crippen LogP contribution in [-0.4, -0.2) is 8.54 Å². The third kappa shape index (κ3) is 932000. The fourth-order valence-electron chi connectivity index (χ4n) is 0. The highest BCUT2D eigenvalue weighted by Crippen LogP contribution is 1.46. The predicted molar refractivity (Wildman–Crippen MR) is 745 cm³/mol. The van der Waals surface area contributed by atoms with E-state index in [4.69, 9.17) is 1.87 Å². The Balaban J connectivity index is -0.00000000000784. The largest absolute Gasteiger partial charge is 0.141 e. The van der Waals surface area contributed by atoms with E-state index in [1.807, 2.05) is 6.66 Å². The third-order valence-electron chi connectivity index (χ3n) is 0. The highest BCUT2D eigenvalue weighted by Gasteiger charge is 0.906. The topological polar surface area (TPSA) is 0 Å². The van der Waals surface area contributed by atoms with Gasteiger partial charge in [0.05, 0.1) is 1.28 Å². The van der Waals surface area contributed by atoms with E-state index >= 15 is 0 Å². The van der Waals surface area contributed by atoms with Crippen molar-refractivity contribution in [3.05, 3.63) is 0 Å². The van der Waals surface area contributed by atoms with Gasteiger partial charge in [0, 0.05) is 0 Å². The van der Waals surface area contributed by atoms with Crippen molar-refractivity contribution in [2.45, 2.75) is 787 Å². The molecule has 0 saturated carbocycles. The second-order valence-electron chi connectivity index (χ2n) is 0. The summed E-state index contributed by atoms with van der Waals surface area (Å²) in [5, 5.41) is 0. The van der Waals surface area contributed by atoms with Crippen LogP contribution in [0.4, 0.5) is 0 Å². The molecule has 0 fully saturated rings. The monoisotopic (exact) mass is 1880 g/mol. The van der Waals surface area contributed by atoms with Crippen molar-refractivity contribution in [2.24, 2.45) is 0 Å². The Labute approximate surface area is 823 Å². The molecule has 0 spiro atoms. The summed E-state index contributed by atoms with van der Waals surface area (Å²) < 4.78 is 12.0. The Morgan fingerprint density at radius 3 is 0.0826 bits per heavy atom. The number of hydrogen-bond acceptors (Lipinski definition) is 0. The molecule has 1 unspecified atom stereocenters. The minimum absolute atomic E-state index is 0. The molecule has 0 radical (unpaired) electrons. The van der Waals surface area contributed by atoms with Gasteiger partial charge in [-0.05, 0) is 0 Å². The summed E-state index contributed by atoms with van der Waals surface area (Å²) in [6.07, 6.45) is 0. The summed E-state index contributed by atoms with van der Waals surface area (Å²) in [6, 6.07) is 0. The molecule has 0 aliphatic carbocycles. The molecule has 0 aromatic carbocycles. The molecule has 109 heavy (non-hydrogen) atoms. The molecule has 0 rings (SSSR count). The number of halogens is 1. The van der Waals surface area contributed by atoms with E-state index in [0.717, 1.165) is 0 Å². The van der Waals surface area contributed by atoms with Crippen LogP contribution in [0.25, 0.3) is 0 Å². The van der Waals surface area contributed by atoms with Crippen LogP contribution >= 0.6 is 33.0 Å². The summed E-state index contributed by atoms with van der Waals surface area (Å²) in [5.41, 5.74) is 0. The van der Waals surface area contributed by atoms with E-state index in [1.165, 1.54) is 23.8 Å². The van der Waals surface area contributed by atoms with Gasteiger partial charge in [-0.2, -0.15) is 0 Å². The van der Waals surface area contributed by atoms with E-state index in [1.54, 1.807) is 0 Å². The van der Waals surface area contributed by atoms with Crippen LogP contribution in [0.2, 0.25) is 0 Å². The highest BCUT2D eigenvalue weighted by molar-refractivity contribution is 14.0. The fourth-order valence-corrected chi connectivity index (χ4v) is 0. The van der Waals surface area contributed by atoms with Crippen molar-refractivity contribution in [2.75, 3.05) is 6.66 Å². The number of rotatable bonds is 0. The molecule has 870 valence electrons. The zero-order valence-electron chi connectivity index (χ0n) is 3.88. The lowest BCUT2D eigenvalue weighted by molar-refractivity contribution is 2.50. The molecule has 0 aromatic heterocycles. The molecule has 2 heteroatoms. The van der Waals surface area contributed by atoms with E-state index in [2.05, 4.69) is 0 Å². The average Bonchev–Trinajstić information content (AvgIpc) is 1.46. The molecule has 1 atom stereocenters. The van der Waals surface area contributed by atoms with Gasteiger partial charge in [0.15, 0.2) is 0 Å². The Hall–Kier alpha value is 1.16. The van der Waals surface area contributed by atoms with Crippen LogP contribution < -0.4 is 0 Å². The first-order valence-electron chi connectivity index (χ1n) is 1.38. The summed E-state index contributed by atoms with van der Waals surface area (Å²) >= 11 is 1.40. The molecule has 0 bridgehead atoms. The quantitative estimate of drug-likeness (QED) is 0.168. The Morgan fingerprint density at radius 1 is 0.0826 bits per heavy atom. The van der Waals surface area contributed by atoms with Crippen LogP contribution in [0, 0.1) is 0 Å². The van der Waals surface area contributed by atoms with E-state index < -0.39 is 0 Å². The van der Waals surface area contributed by atoms with Gasteiger partial charge in [-0.15, -0.1) is 33.0 Å². The smallest absolute Gasteiger partial charge is 0.107 e. The second-order valence-corrected chi connectivity index (χ2v) is 0. The van der Waals surface area contributed by atoms with E-state index in [-0.39, 0.29) is 787 Å². The Morgan fingerprint density at radius 2 is 0.0826 bits per heavy atom. The van der Waals surface area contributed by atoms with Crippen molar-refractivity contribution in [3.63, 3.8) is 0 Å². The van der Waals surface area contributed by atoms with Crippen LogP contribution in [0.1, 0.15) is 787 Å². The van der Waals surface area contributed by atoms with Crippen LogP contribution in [-0.2, 0) is 0 Å². The van der Waals surface area contributed by atoms with Crippen LogP contribution in [0.3, 0.4) is 0 Å². The third-order valence-corrected chi connectivity index (χ3v) is 0. The molecule has 0 saturated heterocycles. The van der Waals surface area contributed by atoms with Gasteiger partial charge in [-0.25, -0.2) is 0 Å². The molecule has 0 aliphatic rings. The zero-order valence-corrected chi connectivity index (χ0v) is 5.04. The molecule has 0 aliphatic heterocycles. The standard InChI is InChI=1S/CH5P.106CH4.HI/c1-2;;;;;;;;;;;;;;;;;;;;;;;;;;;;;;;;;;;;;;;;;;;;;;;;;;;;;;;;;;;;;;;;;;;;;;;;;;;;;;;;;;;;;;;;;;;;;;;;;;;;;;;;;;;/h2H2,1H3;106*1H4;1H/i2D;;;;;;;;;;;;;;;;;;;;;;;;;;;;;;;;;;;;;;;;;;;;;;;;;;;;;;;;;;;;;;;;;;;;;;;;;;;;;;;;;;;;;;;;;;;;;;;;;;;;;;;;;;;/hD. The molecule has 0 aromatic rings. The van der Waals surface area contributed by atoms with Gasteiger partial charge in [0.25, 0.3) is 0 Å². The molecule has 0 heterocycles. The van der Waals surface area contributed by atoms with Crippen molar-refractivity contribution >= 4 is 33.0 Å². The predicted octanol–water partition coefficient (Wildman–Crippen LogP) is 68.5. The van der Waals surface area contributed by atoms with Crippen molar-refractivity contribution in [1.82, 2.24) is 0 Å². The number of hydrogen-bond donors (Lipinski definition) is 0. The normalized spacial score (nSPS) is 0.349. The Kier molecular flexibility index (Phi) is 660000000. The van der Waals surface area contributed by atoms with Gasteiger partial charge in [0.2, 0.25) is 0 Å². The average molecular weight is 1880 g/mol. The Bertz CT molecular complexity index is 30.8. The maximum absolute atomic E-state index is 6.24. The lowest BCUT2D eigenvalue weighted by Gasteiger charge is -1.10. The van der Waals surface area contributed by atoms with Gasteiger partial charge in [-0.1, -0.05) is 794 Å². The SMILES string of the molecule is C.C.C.C.C.C.C.C.C.C.C.C.C.C.C.C.C.C.C.C.C.C.C.C.C.C.C.C.C.C.C.C.C.C.C.C.C.C.C.C.C.C.C.C.C.C.C.C.C.C.C.C.C.C.C.C.C.C.C.C.C.C.C.C.C.C.C.C.C.C.C.C.C.C.C.C.C.C.C.C.C.C.C.C.C.C.C.C.C.C.C.C.C.C.C.C.C.C.C.C.C.C.C.C.C.C.[2H]I.[2H]PC. The minimum atomic E-state index is 0. The van der Waals surface area contributed by atoms with Gasteiger partial charge < -0.3 is 0 Å². The molecular formula is C107H430IP. The maximum Gasteiger partial charge on any atom is 0.107 e. The first kappa shape index (κ1) is 75900. The highest BCUT2D eigenvalue weighted by atomic mass is 127. The lowest BCUT2D eigenvalue weighted by Crippen LogP contribution is -0.804. The van der Waals surface area contributed by atoms with E-state index in [9.17, 15) is 0 Å². The maximum atomic E-state index is 6.24. The first-order chi connectivity index (χ1) is 2.41. The van der Waals surface area contributed by atoms with Crippen LogP contribution in [0.5, 0.6) is 0 Å². The molecule has 0 N–H and O–H groups in total. The lowest BCUT2D eigenvalue weighted by atomic mass is 12.0. The van der Waals surface area contributed by atoms with Gasteiger partial charge in [0.1, 0.15) is 0.594 Å². The molecule has 0 nitrogen and oxygen atoms in total. The molecular weight excluding hydrogens is 1440 g/mol. The van der Waals surface area contributed by atoms with Crippen molar-refractivity contribution in [3.8, 4) is 0 Å². The molecule has 0 amide bonds. The van der Waals surface area contributed by atoms with Crippen molar-refractivity contribution < 1.29 is 0 Å². The fraction of sp³-hybridized carbons (Fsp3) is 1.00. The van der Waals surface area contributed by atoms with Gasteiger partial charge in [-0.3, -0.25) is 0 Å². The minimum Gasteiger partial charge on any atom is -0.141 e. The van der Waals surface area contributed by atoms with Crippen LogP contribution in [0.15, 0.2) is 0 Å². The first-order valence-corrected chi connectivity index (χ1v) is 1.50. The van der Waals surface area contributed by atoms with Crippen molar-refractivity contribution in [1.29, 1.82) is 1.87 Å². The second kappa shape index (κ2) is 949000. The summed E-state index contributed by atoms with van der Waals surface area (Å²) in [5.74, 6) is 0. The summed E-state index contributed by atoms with van der Waals surface area (Å²) in [4.78, 5) is 0. The summed E-state index contributed by atoms with van der Waals surface area (Å²) in [6.45, 7) is 1.82. The van der Waals surface area contributed by atoms with E-state index in [0.29, 0.717) is 9.18 Å². The van der Waals surface area contributed by atoms with Gasteiger partial charge >= 0.3 is 0 Å². The summed E-state index contributed by atoms with van der Waals surface area (Å²) in [7, 11) is 0.333.